The molecule has 0 aliphatic carbocycles. The van der Waals surface area contributed by atoms with Crippen LogP contribution in [-0.2, 0) is 0 Å². The molecule has 12 nitrogen and oxygen atoms in total. The lowest BCUT2D eigenvalue weighted by atomic mass is 10.0. The molecule has 0 saturated heterocycles. The zero-order chi connectivity index (χ0) is 24.1. The van der Waals surface area contributed by atoms with Crippen LogP contribution < -0.4 is 31.9 Å². The average Bonchev–Trinajstić information content (AvgIpc) is 3.25. The molecule has 4 aromatic rings. The number of benzene rings is 2. The van der Waals surface area contributed by atoms with E-state index in [1.807, 2.05) is 6.07 Å². The van der Waals surface area contributed by atoms with Crippen molar-refractivity contribution >= 4 is 11.5 Å². The van der Waals surface area contributed by atoms with E-state index >= 15 is 0 Å². The molecule has 1 unspecified atom stereocenters. The van der Waals surface area contributed by atoms with Gasteiger partial charge in [-0.15, -0.1) is 9.78 Å². The number of nitrogens with two attached hydrogens (primary N) is 2. The molecule has 0 aliphatic heterocycles. The molecule has 0 aliphatic rings. The van der Waals surface area contributed by atoms with Crippen molar-refractivity contribution in [3.8, 4) is 17.4 Å². The highest BCUT2D eigenvalue weighted by molar-refractivity contribution is 5.95. The summed E-state index contributed by atoms with van der Waals surface area (Å²) < 4.78 is 12.0. The standard InChI is InChI=1S/C22H23N9O3/c1-33-17-11-14(5-8-16(17)34-12-23)18(28-15-6-3-13(4-7-15)19(24)25)20-29-22(32)31(30-20)21-26-9-2-10-27-21/h2-11,18,28H,12,23H2,1H3,(H3,24,25)(H,29,30,32). The predicted molar refractivity (Wildman–Crippen MR) is 125 cm³/mol. The zero-order valence-electron chi connectivity index (χ0n) is 18.2. The second-order valence-electron chi connectivity index (χ2n) is 7.07. The minimum absolute atomic E-state index is 0.00527. The summed E-state index contributed by atoms with van der Waals surface area (Å²) in [6.07, 6.45) is 3.05. The second kappa shape index (κ2) is 9.83. The molecule has 1 atom stereocenters. The summed E-state index contributed by atoms with van der Waals surface area (Å²) >= 11 is 0. The van der Waals surface area contributed by atoms with Crippen LogP contribution in [0.1, 0.15) is 23.0 Å². The topological polar surface area (TPSA) is 183 Å². The van der Waals surface area contributed by atoms with Crippen LogP contribution in [-0.4, -0.2) is 44.4 Å². The van der Waals surface area contributed by atoms with Crippen molar-refractivity contribution < 1.29 is 9.47 Å². The van der Waals surface area contributed by atoms with E-state index in [9.17, 15) is 4.79 Å². The minimum Gasteiger partial charge on any atom is -0.493 e. The molecule has 7 N–H and O–H groups in total. The van der Waals surface area contributed by atoms with Crippen LogP contribution >= 0.6 is 0 Å². The SMILES string of the molecule is COc1cc(C(Nc2ccc(C(=N)N)cc2)c2nn(-c3ncccn3)c(=O)[nH]2)ccc1OCN. The van der Waals surface area contributed by atoms with E-state index in [2.05, 4.69) is 25.4 Å². The van der Waals surface area contributed by atoms with E-state index in [4.69, 9.17) is 26.4 Å². The first-order valence-electron chi connectivity index (χ1n) is 10.2. The highest BCUT2D eigenvalue weighted by atomic mass is 16.5. The van der Waals surface area contributed by atoms with Crippen LogP contribution in [0.2, 0.25) is 0 Å². The smallest absolute Gasteiger partial charge is 0.350 e. The third-order valence-electron chi connectivity index (χ3n) is 4.92. The number of nitrogens with zero attached hydrogens (tertiary/aromatic N) is 4. The van der Waals surface area contributed by atoms with Gasteiger partial charge in [-0.2, -0.15) is 0 Å². The largest absolute Gasteiger partial charge is 0.493 e. The molecule has 0 bridgehead atoms. The Morgan fingerprint density at radius 1 is 1.18 bits per heavy atom. The van der Waals surface area contributed by atoms with Gasteiger partial charge < -0.3 is 20.5 Å². The molecule has 2 aromatic carbocycles. The fourth-order valence-corrected chi connectivity index (χ4v) is 3.30. The van der Waals surface area contributed by atoms with Gasteiger partial charge in [0.05, 0.1) is 7.11 Å². The van der Waals surface area contributed by atoms with Gasteiger partial charge in [0.15, 0.2) is 17.3 Å². The van der Waals surface area contributed by atoms with Crippen LogP contribution in [0.25, 0.3) is 5.95 Å². The lowest BCUT2D eigenvalue weighted by molar-refractivity contribution is 0.303. The van der Waals surface area contributed by atoms with Crippen LogP contribution in [0.15, 0.2) is 65.7 Å². The number of ether oxygens (including phenoxy) is 2. The molecule has 4 rings (SSSR count). The maximum Gasteiger partial charge on any atom is 0.350 e. The van der Waals surface area contributed by atoms with Crippen molar-refractivity contribution in [3.05, 3.63) is 88.4 Å². The second-order valence-corrected chi connectivity index (χ2v) is 7.07. The maximum atomic E-state index is 12.7. The van der Waals surface area contributed by atoms with Gasteiger partial charge in [0.25, 0.3) is 5.95 Å². The molecule has 0 fully saturated rings. The molecule has 12 heteroatoms. The molecule has 174 valence electrons. The number of anilines is 1. The molecular formula is C22H23N9O3. The van der Waals surface area contributed by atoms with Crippen LogP contribution in [0.4, 0.5) is 5.69 Å². The number of hydrogen-bond donors (Lipinski definition) is 5. The van der Waals surface area contributed by atoms with Crippen LogP contribution in [0.5, 0.6) is 11.5 Å². The summed E-state index contributed by atoms with van der Waals surface area (Å²) in [7, 11) is 1.52. The van der Waals surface area contributed by atoms with Gasteiger partial charge in [-0.25, -0.2) is 14.8 Å². The summed E-state index contributed by atoms with van der Waals surface area (Å²) in [5, 5.41) is 15.4. The number of amidine groups is 1. The molecular weight excluding hydrogens is 438 g/mol. The van der Waals surface area contributed by atoms with E-state index in [1.54, 1.807) is 42.5 Å². The Hall–Kier alpha value is -4.71. The van der Waals surface area contributed by atoms with Crippen molar-refractivity contribution in [3.63, 3.8) is 0 Å². The lowest BCUT2D eigenvalue weighted by Gasteiger charge is -2.20. The molecule has 2 heterocycles. The molecule has 0 amide bonds. The van der Waals surface area contributed by atoms with Crippen molar-refractivity contribution in [1.29, 1.82) is 5.41 Å². The number of methoxy groups -OCH3 is 1. The van der Waals surface area contributed by atoms with Gasteiger partial charge in [-0.05, 0) is 48.0 Å². The molecule has 2 aromatic heterocycles. The van der Waals surface area contributed by atoms with E-state index in [-0.39, 0.29) is 18.5 Å². The summed E-state index contributed by atoms with van der Waals surface area (Å²) in [6, 6.07) is 13.4. The van der Waals surface area contributed by atoms with E-state index in [1.165, 1.54) is 19.5 Å². The highest BCUT2D eigenvalue weighted by Gasteiger charge is 2.22. The Balaban J connectivity index is 1.77. The Labute approximate surface area is 194 Å². The van der Waals surface area contributed by atoms with Crippen molar-refractivity contribution in [2.24, 2.45) is 11.5 Å². The van der Waals surface area contributed by atoms with E-state index in [0.29, 0.717) is 28.6 Å². The van der Waals surface area contributed by atoms with E-state index in [0.717, 1.165) is 10.2 Å². The lowest BCUT2D eigenvalue weighted by Crippen LogP contribution is -2.18. The quantitative estimate of drug-likeness (QED) is 0.139. The summed E-state index contributed by atoms with van der Waals surface area (Å²) in [5.41, 5.74) is 12.6. The Morgan fingerprint density at radius 3 is 2.56 bits per heavy atom. The van der Waals surface area contributed by atoms with Crippen LogP contribution in [0, 0.1) is 5.41 Å². The summed E-state index contributed by atoms with van der Waals surface area (Å²) in [6.45, 7) is -0.00527. The number of aromatic nitrogens is 5. The predicted octanol–water partition coefficient (Wildman–Crippen LogP) is 1.14. The van der Waals surface area contributed by atoms with E-state index < -0.39 is 11.7 Å². The van der Waals surface area contributed by atoms with Gasteiger partial charge >= 0.3 is 5.69 Å². The van der Waals surface area contributed by atoms with Gasteiger partial charge in [0.2, 0.25) is 0 Å². The highest BCUT2D eigenvalue weighted by Crippen LogP contribution is 2.33. The number of rotatable bonds is 9. The molecule has 34 heavy (non-hydrogen) atoms. The first-order chi connectivity index (χ1) is 16.5. The van der Waals surface area contributed by atoms with Crippen molar-refractivity contribution in [1.82, 2.24) is 24.7 Å². The van der Waals surface area contributed by atoms with Gasteiger partial charge in [-0.1, -0.05) is 6.07 Å². The molecule has 0 radical (unpaired) electrons. The number of H-pyrrole nitrogens is 1. The number of hydrogen-bond acceptors (Lipinski definition) is 9. The van der Waals surface area contributed by atoms with Gasteiger partial charge in [0.1, 0.15) is 18.6 Å². The third-order valence-corrected chi connectivity index (χ3v) is 4.92. The summed E-state index contributed by atoms with van der Waals surface area (Å²) in [5.74, 6) is 1.38. The fourth-order valence-electron chi connectivity index (χ4n) is 3.30. The Kier molecular flexibility index (Phi) is 6.50. The van der Waals surface area contributed by atoms with Crippen molar-refractivity contribution in [2.45, 2.75) is 6.04 Å². The average molecular weight is 461 g/mol. The molecule has 0 saturated carbocycles. The van der Waals surface area contributed by atoms with Gasteiger partial charge in [0, 0.05) is 23.6 Å². The summed E-state index contributed by atoms with van der Waals surface area (Å²) in [4.78, 5) is 23.6. The van der Waals surface area contributed by atoms with Gasteiger partial charge in [-0.3, -0.25) is 16.1 Å². The monoisotopic (exact) mass is 461 g/mol. The minimum atomic E-state index is -0.596. The fraction of sp³-hybridized carbons (Fsp3) is 0.136. The Morgan fingerprint density at radius 2 is 1.91 bits per heavy atom. The number of nitrogens with one attached hydrogen (secondary N) is 3. The van der Waals surface area contributed by atoms with Crippen LogP contribution in [0.3, 0.4) is 0 Å². The third kappa shape index (κ3) is 4.71. The van der Waals surface area contributed by atoms with Crippen molar-refractivity contribution in [2.75, 3.05) is 19.2 Å². The Bertz CT molecular complexity index is 1330. The maximum absolute atomic E-state index is 12.7. The zero-order valence-corrected chi connectivity index (χ0v) is 18.2. The normalized spacial score (nSPS) is 11.6. The first kappa shape index (κ1) is 22.5. The number of nitrogen functional groups attached to an aromatic ring is 1. The molecule has 0 spiro atoms. The first-order valence-corrected chi connectivity index (χ1v) is 10.2. The number of aromatic amines is 1.